The maximum atomic E-state index is 12.9. The summed E-state index contributed by atoms with van der Waals surface area (Å²) in [5.41, 5.74) is 1.79. The summed E-state index contributed by atoms with van der Waals surface area (Å²) < 4.78 is 12.9. The van der Waals surface area contributed by atoms with Crippen molar-refractivity contribution in [2.75, 3.05) is 31.1 Å². The van der Waals surface area contributed by atoms with Crippen molar-refractivity contribution in [2.24, 2.45) is 0 Å². The van der Waals surface area contributed by atoms with Crippen LogP contribution in [0.5, 0.6) is 0 Å². The lowest BCUT2D eigenvalue weighted by molar-refractivity contribution is 0.194. The maximum absolute atomic E-state index is 12.9. The molecule has 1 saturated heterocycles. The molecule has 132 valence electrons. The molecule has 2 amide bonds. The van der Waals surface area contributed by atoms with Gasteiger partial charge in [-0.2, -0.15) is 0 Å². The third-order valence-corrected chi connectivity index (χ3v) is 4.71. The zero-order chi connectivity index (χ0) is 17.8. The van der Waals surface area contributed by atoms with Gasteiger partial charge in [0.15, 0.2) is 0 Å². The molecule has 1 fully saturated rings. The Bertz CT molecular complexity index is 746. The first-order valence-electron chi connectivity index (χ1n) is 8.00. The molecule has 0 aliphatic carbocycles. The van der Waals surface area contributed by atoms with Gasteiger partial charge in [0, 0.05) is 37.7 Å². The molecular formula is C18H18Cl2FN3O. The topological polar surface area (TPSA) is 35.6 Å². The van der Waals surface area contributed by atoms with Crippen LogP contribution in [0.15, 0.2) is 42.5 Å². The molecule has 0 aromatic heterocycles. The minimum Gasteiger partial charge on any atom is -0.367 e. The van der Waals surface area contributed by atoms with Gasteiger partial charge >= 0.3 is 6.03 Å². The fourth-order valence-corrected chi connectivity index (χ4v) is 3.31. The predicted octanol–water partition coefficient (Wildman–Crippen LogP) is 4.16. The van der Waals surface area contributed by atoms with E-state index in [9.17, 15) is 9.18 Å². The van der Waals surface area contributed by atoms with E-state index in [2.05, 4.69) is 10.2 Å². The first-order valence-corrected chi connectivity index (χ1v) is 8.76. The number of hydrogen-bond acceptors (Lipinski definition) is 2. The second-order valence-electron chi connectivity index (χ2n) is 5.86. The van der Waals surface area contributed by atoms with Crippen molar-refractivity contribution < 1.29 is 9.18 Å². The molecule has 4 nitrogen and oxygen atoms in total. The van der Waals surface area contributed by atoms with Gasteiger partial charge in [0.05, 0.1) is 10.7 Å². The summed E-state index contributed by atoms with van der Waals surface area (Å²) in [6, 6.07) is 11.4. The minimum absolute atomic E-state index is 0.119. The van der Waals surface area contributed by atoms with Crippen molar-refractivity contribution in [3.05, 3.63) is 63.9 Å². The summed E-state index contributed by atoms with van der Waals surface area (Å²) in [6.45, 7) is 2.99. The van der Waals surface area contributed by atoms with E-state index in [1.165, 1.54) is 12.1 Å². The lowest BCUT2D eigenvalue weighted by Crippen LogP contribution is -2.51. The number of urea groups is 1. The Hall–Kier alpha value is -1.98. The quantitative estimate of drug-likeness (QED) is 0.865. The van der Waals surface area contributed by atoms with Crippen molar-refractivity contribution in [3.8, 4) is 0 Å². The van der Waals surface area contributed by atoms with E-state index in [1.807, 2.05) is 12.1 Å². The molecule has 7 heteroatoms. The highest BCUT2D eigenvalue weighted by Crippen LogP contribution is 2.29. The highest BCUT2D eigenvalue weighted by atomic mass is 35.5. The molecule has 0 radical (unpaired) electrons. The summed E-state index contributed by atoms with van der Waals surface area (Å²) in [4.78, 5) is 16.2. The van der Waals surface area contributed by atoms with Crippen LogP contribution in [0.2, 0.25) is 10.0 Å². The summed E-state index contributed by atoms with van der Waals surface area (Å²) in [5, 5.41) is 4.08. The molecule has 0 unspecified atom stereocenters. The average molecular weight is 382 g/mol. The molecule has 2 aromatic carbocycles. The first kappa shape index (κ1) is 17.8. The number of piperazine rings is 1. The number of amides is 2. The Morgan fingerprint density at radius 2 is 1.72 bits per heavy atom. The molecular weight excluding hydrogens is 364 g/mol. The Morgan fingerprint density at radius 3 is 2.36 bits per heavy atom. The second kappa shape index (κ2) is 7.93. The molecule has 0 spiro atoms. The van der Waals surface area contributed by atoms with Gasteiger partial charge in [-0.15, -0.1) is 0 Å². The van der Waals surface area contributed by atoms with Gasteiger partial charge in [0.25, 0.3) is 0 Å². The Kier molecular flexibility index (Phi) is 5.66. The number of carbonyl (C=O) groups excluding carboxylic acids is 1. The van der Waals surface area contributed by atoms with E-state index >= 15 is 0 Å². The van der Waals surface area contributed by atoms with Crippen LogP contribution in [-0.4, -0.2) is 37.1 Å². The van der Waals surface area contributed by atoms with Gasteiger partial charge < -0.3 is 15.1 Å². The van der Waals surface area contributed by atoms with Crippen LogP contribution in [0, 0.1) is 5.82 Å². The highest BCUT2D eigenvalue weighted by molar-refractivity contribution is 6.36. The second-order valence-corrected chi connectivity index (χ2v) is 6.70. The third-order valence-electron chi connectivity index (χ3n) is 4.17. The number of carbonyl (C=O) groups is 1. The molecule has 1 heterocycles. The molecule has 2 aromatic rings. The molecule has 1 N–H and O–H groups in total. The summed E-state index contributed by atoms with van der Waals surface area (Å²) >= 11 is 12.2. The fourth-order valence-electron chi connectivity index (χ4n) is 2.78. The van der Waals surface area contributed by atoms with Gasteiger partial charge in [-0.1, -0.05) is 35.3 Å². The Morgan fingerprint density at radius 1 is 1.04 bits per heavy atom. The van der Waals surface area contributed by atoms with Crippen molar-refractivity contribution in [2.45, 2.75) is 6.54 Å². The molecule has 1 aliphatic heterocycles. The maximum Gasteiger partial charge on any atom is 0.317 e. The van der Waals surface area contributed by atoms with Crippen LogP contribution in [0.25, 0.3) is 0 Å². The highest BCUT2D eigenvalue weighted by Gasteiger charge is 2.22. The van der Waals surface area contributed by atoms with E-state index < -0.39 is 0 Å². The molecule has 0 atom stereocenters. The fraction of sp³-hybridized carbons (Fsp3) is 0.278. The van der Waals surface area contributed by atoms with Crippen molar-refractivity contribution >= 4 is 34.9 Å². The summed E-state index contributed by atoms with van der Waals surface area (Å²) in [6.07, 6.45) is 0. The third kappa shape index (κ3) is 4.55. The minimum atomic E-state index is -0.285. The van der Waals surface area contributed by atoms with Crippen molar-refractivity contribution in [1.82, 2.24) is 10.2 Å². The zero-order valence-electron chi connectivity index (χ0n) is 13.5. The SMILES string of the molecule is O=C(NCc1ccc(F)cc1)N1CCN(c2ccc(Cl)cc2Cl)CC1. The molecule has 0 saturated carbocycles. The largest absolute Gasteiger partial charge is 0.367 e. The van der Waals surface area contributed by atoms with Crippen molar-refractivity contribution in [3.63, 3.8) is 0 Å². The molecule has 3 rings (SSSR count). The lowest BCUT2D eigenvalue weighted by Gasteiger charge is -2.36. The predicted molar refractivity (Wildman–Crippen MR) is 98.9 cm³/mol. The van der Waals surface area contributed by atoms with Crippen LogP contribution in [0.3, 0.4) is 0 Å². The molecule has 25 heavy (non-hydrogen) atoms. The van der Waals surface area contributed by atoms with Crippen LogP contribution in [-0.2, 0) is 6.54 Å². The van der Waals surface area contributed by atoms with E-state index in [-0.39, 0.29) is 11.8 Å². The van der Waals surface area contributed by atoms with Gasteiger partial charge in [0.1, 0.15) is 5.82 Å². The van der Waals surface area contributed by atoms with Gasteiger partial charge in [-0.3, -0.25) is 0 Å². The van der Waals surface area contributed by atoms with Crippen LogP contribution < -0.4 is 10.2 Å². The van der Waals surface area contributed by atoms with E-state index in [4.69, 9.17) is 23.2 Å². The van der Waals surface area contributed by atoms with E-state index in [0.717, 1.165) is 11.3 Å². The lowest BCUT2D eigenvalue weighted by atomic mass is 10.2. The number of nitrogens with one attached hydrogen (secondary N) is 1. The Labute approximate surface area is 156 Å². The number of halogens is 3. The summed E-state index contributed by atoms with van der Waals surface area (Å²) in [7, 11) is 0. The number of hydrogen-bond donors (Lipinski definition) is 1. The number of anilines is 1. The monoisotopic (exact) mass is 381 g/mol. The van der Waals surface area contributed by atoms with Crippen LogP contribution in [0.4, 0.5) is 14.9 Å². The van der Waals surface area contributed by atoms with Crippen LogP contribution in [0.1, 0.15) is 5.56 Å². The van der Waals surface area contributed by atoms with Crippen molar-refractivity contribution in [1.29, 1.82) is 0 Å². The standard InChI is InChI=1S/C18H18Cl2FN3O/c19-14-3-6-17(16(20)11-14)23-7-9-24(10-8-23)18(25)22-12-13-1-4-15(21)5-2-13/h1-6,11H,7-10,12H2,(H,22,25). The summed E-state index contributed by atoms with van der Waals surface area (Å²) in [5.74, 6) is -0.285. The first-order chi connectivity index (χ1) is 12.0. The number of rotatable bonds is 3. The Balaban J connectivity index is 1.51. The molecule has 1 aliphatic rings. The zero-order valence-corrected chi connectivity index (χ0v) is 15.0. The number of benzene rings is 2. The smallest absolute Gasteiger partial charge is 0.317 e. The van der Waals surface area contributed by atoms with E-state index in [1.54, 1.807) is 23.1 Å². The van der Waals surface area contributed by atoms with Gasteiger partial charge in [-0.25, -0.2) is 9.18 Å². The van der Waals surface area contributed by atoms with Gasteiger partial charge in [0.2, 0.25) is 0 Å². The van der Waals surface area contributed by atoms with E-state index in [0.29, 0.717) is 42.8 Å². The average Bonchev–Trinajstić information content (AvgIpc) is 2.61. The molecule has 0 bridgehead atoms. The van der Waals surface area contributed by atoms with Gasteiger partial charge in [-0.05, 0) is 35.9 Å². The normalized spacial score (nSPS) is 14.5. The van der Waals surface area contributed by atoms with Crippen LogP contribution >= 0.6 is 23.2 Å². The number of nitrogens with zero attached hydrogens (tertiary/aromatic N) is 2.